The smallest absolute Gasteiger partial charge is 0.254 e. The van der Waals surface area contributed by atoms with E-state index in [2.05, 4.69) is 5.32 Å². The van der Waals surface area contributed by atoms with Crippen molar-refractivity contribution in [1.82, 2.24) is 4.90 Å². The number of hydrogen-bond acceptors (Lipinski definition) is 2. The van der Waals surface area contributed by atoms with Gasteiger partial charge in [0, 0.05) is 25.7 Å². The lowest BCUT2D eigenvalue weighted by Gasteiger charge is -2.20. The molecule has 0 saturated heterocycles. The highest BCUT2D eigenvalue weighted by Crippen LogP contribution is 2.21. The summed E-state index contributed by atoms with van der Waals surface area (Å²) in [4.78, 5) is 13.6. The third-order valence-corrected chi connectivity index (χ3v) is 2.70. The molecule has 5 heteroatoms. The molecular formula is C13H18F2N2O. The summed E-state index contributed by atoms with van der Waals surface area (Å²) in [6.45, 7) is 4.87. The lowest BCUT2D eigenvalue weighted by atomic mass is 10.1. The largest absolute Gasteiger partial charge is 0.383 e. The minimum absolute atomic E-state index is 0.0410. The SMILES string of the molecule is CCCN(CC)C(=O)c1cc(F)c(NC)c(F)c1. The monoisotopic (exact) mass is 256 g/mol. The third-order valence-electron chi connectivity index (χ3n) is 2.70. The Morgan fingerprint density at radius 3 is 2.22 bits per heavy atom. The van der Waals surface area contributed by atoms with E-state index in [1.807, 2.05) is 13.8 Å². The van der Waals surface area contributed by atoms with E-state index >= 15 is 0 Å². The van der Waals surface area contributed by atoms with Crippen molar-refractivity contribution in [2.75, 3.05) is 25.5 Å². The number of anilines is 1. The van der Waals surface area contributed by atoms with Gasteiger partial charge in [-0.1, -0.05) is 6.92 Å². The van der Waals surface area contributed by atoms with Crippen LogP contribution < -0.4 is 5.32 Å². The molecule has 0 spiro atoms. The van der Waals surface area contributed by atoms with E-state index in [-0.39, 0.29) is 17.2 Å². The molecule has 0 radical (unpaired) electrons. The van der Waals surface area contributed by atoms with Crippen LogP contribution >= 0.6 is 0 Å². The Morgan fingerprint density at radius 2 is 1.83 bits per heavy atom. The van der Waals surface area contributed by atoms with Crippen LogP contribution in [0.1, 0.15) is 30.6 Å². The van der Waals surface area contributed by atoms with Crippen molar-refractivity contribution < 1.29 is 13.6 Å². The van der Waals surface area contributed by atoms with Crippen molar-refractivity contribution in [2.24, 2.45) is 0 Å². The molecule has 1 aromatic rings. The third kappa shape index (κ3) is 2.97. The molecule has 0 aliphatic heterocycles. The molecule has 0 unspecified atom stereocenters. The van der Waals surface area contributed by atoms with Crippen LogP contribution in [0.15, 0.2) is 12.1 Å². The number of amides is 1. The average Bonchev–Trinajstić information content (AvgIpc) is 2.34. The lowest BCUT2D eigenvalue weighted by Crippen LogP contribution is -2.31. The maximum Gasteiger partial charge on any atom is 0.254 e. The summed E-state index contributed by atoms with van der Waals surface area (Å²) in [5, 5.41) is 2.42. The number of nitrogens with zero attached hydrogens (tertiary/aromatic N) is 1. The first-order valence-corrected chi connectivity index (χ1v) is 6.01. The van der Waals surface area contributed by atoms with Crippen LogP contribution in [-0.2, 0) is 0 Å². The molecule has 0 atom stereocenters. The molecule has 3 nitrogen and oxygen atoms in total. The Morgan fingerprint density at radius 1 is 1.28 bits per heavy atom. The van der Waals surface area contributed by atoms with E-state index in [4.69, 9.17) is 0 Å². The molecular weight excluding hydrogens is 238 g/mol. The van der Waals surface area contributed by atoms with Crippen LogP contribution in [0.3, 0.4) is 0 Å². The van der Waals surface area contributed by atoms with Gasteiger partial charge in [0.25, 0.3) is 5.91 Å². The highest BCUT2D eigenvalue weighted by atomic mass is 19.1. The molecule has 0 saturated carbocycles. The summed E-state index contributed by atoms with van der Waals surface area (Å²) >= 11 is 0. The van der Waals surface area contributed by atoms with Crippen LogP contribution in [0.25, 0.3) is 0 Å². The summed E-state index contributed by atoms with van der Waals surface area (Å²) in [5.74, 6) is -1.86. The summed E-state index contributed by atoms with van der Waals surface area (Å²) in [5.41, 5.74) is -0.176. The van der Waals surface area contributed by atoms with E-state index < -0.39 is 11.6 Å². The van der Waals surface area contributed by atoms with Gasteiger partial charge in [0.1, 0.15) is 17.3 Å². The zero-order valence-corrected chi connectivity index (χ0v) is 10.9. The minimum Gasteiger partial charge on any atom is -0.383 e. The van der Waals surface area contributed by atoms with Gasteiger partial charge in [-0.25, -0.2) is 8.78 Å². The number of nitrogens with one attached hydrogen (secondary N) is 1. The molecule has 0 aromatic heterocycles. The maximum atomic E-state index is 13.6. The molecule has 0 aliphatic carbocycles. The normalized spacial score (nSPS) is 10.3. The second-order valence-electron chi connectivity index (χ2n) is 3.95. The first-order valence-electron chi connectivity index (χ1n) is 6.01. The Balaban J connectivity index is 3.06. The van der Waals surface area contributed by atoms with Crippen molar-refractivity contribution in [3.8, 4) is 0 Å². The van der Waals surface area contributed by atoms with E-state index in [0.717, 1.165) is 18.6 Å². The van der Waals surface area contributed by atoms with Gasteiger partial charge < -0.3 is 10.2 Å². The van der Waals surface area contributed by atoms with Crippen LogP contribution in [0.2, 0.25) is 0 Å². The standard InChI is InChI=1S/C13H18F2N2O/c1-4-6-17(5-2)13(18)9-7-10(14)12(16-3)11(15)8-9/h7-8,16H,4-6H2,1-3H3. The van der Waals surface area contributed by atoms with Crippen molar-refractivity contribution in [1.29, 1.82) is 0 Å². The first kappa shape index (κ1) is 14.4. The van der Waals surface area contributed by atoms with Gasteiger partial charge in [-0.05, 0) is 25.5 Å². The van der Waals surface area contributed by atoms with Crippen LogP contribution in [0.5, 0.6) is 0 Å². The van der Waals surface area contributed by atoms with Crippen molar-refractivity contribution in [3.63, 3.8) is 0 Å². The second-order valence-corrected chi connectivity index (χ2v) is 3.95. The Labute approximate surface area is 106 Å². The van der Waals surface area contributed by atoms with Gasteiger partial charge in [-0.3, -0.25) is 4.79 Å². The second kappa shape index (κ2) is 6.33. The predicted octanol–water partition coefficient (Wildman–Crippen LogP) is 2.88. The number of benzene rings is 1. The zero-order chi connectivity index (χ0) is 13.7. The lowest BCUT2D eigenvalue weighted by molar-refractivity contribution is 0.0763. The molecule has 1 aromatic carbocycles. The molecule has 1 amide bonds. The molecule has 1 N–H and O–H groups in total. The molecule has 0 bridgehead atoms. The highest BCUT2D eigenvalue weighted by Gasteiger charge is 2.18. The minimum atomic E-state index is -0.756. The Hall–Kier alpha value is -1.65. The maximum absolute atomic E-state index is 13.6. The van der Waals surface area contributed by atoms with E-state index in [1.54, 1.807) is 4.90 Å². The van der Waals surface area contributed by atoms with Gasteiger partial charge >= 0.3 is 0 Å². The van der Waals surface area contributed by atoms with Crippen LogP contribution in [-0.4, -0.2) is 30.9 Å². The van der Waals surface area contributed by atoms with E-state index in [9.17, 15) is 13.6 Å². The summed E-state index contributed by atoms with van der Waals surface area (Å²) in [6.07, 6.45) is 0.805. The number of carbonyl (C=O) groups excluding carboxylic acids is 1. The molecule has 0 fully saturated rings. The van der Waals surface area contributed by atoms with Crippen LogP contribution in [0, 0.1) is 11.6 Å². The fourth-order valence-corrected chi connectivity index (χ4v) is 1.79. The quantitative estimate of drug-likeness (QED) is 0.878. The number of rotatable bonds is 5. The molecule has 1 rings (SSSR count). The summed E-state index contributed by atoms with van der Waals surface area (Å²) in [6, 6.07) is 2.13. The Kier molecular flexibility index (Phi) is 5.07. The fraction of sp³-hybridized carbons (Fsp3) is 0.462. The zero-order valence-electron chi connectivity index (χ0n) is 10.9. The topological polar surface area (TPSA) is 32.3 Å². The predicted molar refractivity (Wildman–Crippen MR) is 67.8 cm³/mol. The van der Waals surface area contributed by atoms with Crippen molar-refractivity contribution in [2.45, 2.75) is 20.3 Å². The highest BCUT2D eigenvalue weighted by molar-refractivity contribution is 5.94. The fourth-order valence-electron chi connectivity index (χ4n) is 1.79. The number of carbonyl (C=O) groups is 1. The van der Waals surface area contributed by atoms with Crippen LogP contribution in [0.4, 0.5) is 14.5 Å². The van der Waals surface area contributed by atoms with Gasteiger partial charge in [0.15, 0.2) is 0 Å². The van der Waals surface area contributed by atoms with E-state index in [0.29, 0.717) is 13.1 Å². The van der Waals surface area contributed by atoms with Gasteiger partial charge in [-0.15, -0.1) is 0 Å². The van der Waals surface area contributed by atoms with Crippen molar-refractivity contribution >= 4 is 11.6 Å². The first-order chi connectivity index (χ1) is 8.54. The van der Waals surface area contributed by atoms with Gasteiger partial charge in [-0.2, -0.15) is 0 Å². The average molecular weight is 256 g/mol. The summed E-state index contributed by atoms with van der Waals surface area (Å²) in [7, 11) is 1.43. The van der Waals surface area contributed by atoms with Gasteiger partial charge in [0.2, 0.25) is 0 Å². The van der Waals surface area contributed by atoms with Crippen molar-refractivity contribution in [3.05, 3.63) is 29.3 Å². The number of halogens is 2. The molecule has 0 heterocycles. The Bertz CT molecular complexity index is 412. The van der Waals surface area contributed by atoms with Gasteiger partial charge in [0.05, 0.1) is 0 Å². The molecule has 100 valence electrons. The molecule has 18 heavy (non-hydrogen) atoms. The summed E-state index contributed by atoms with van der Waals surface area (Å²) < 4.78 is 27.1. The molecule has 0 aliphatic rings. The van der Waals surface area contributed by atoms with E-state index in [1.165, 1.54) is 7.05 Å². The number of hydrogen-bond donors (Lipinski definition) is 1.